The van der Waals surface area contributed by atoms with E-state index in [1.165, 1.54) is 16.7 Å². The van der Waals surface area contributed by atoms with Gasteiger partial charge in [-0.25, -0.2) is 0 Å². The number of benzene rings is 2. The highest BCUT2D eigenvalue weighted by Crippen LogP contribution is 2.24. The van der Waals surface area contributed by atoms with Crippen LogP contribution in [-0.4, -0.2) is 14.8 Å². The van der Waals surface area contributed by atoms with E-state index in [9.17, 15) is 0 Å². The molecule has 1 heterocycles. The number of aryl methyl sites for hydroxylation is 3. The third kappa shape index (κ3) is 4.47. The summed E-state index contributed by atoms with van der Waals surface area (Å²) in [5.41, 5.74) is 4.90. The fraction of sp³-hybridized carbons (Fsp3) is 0.333. The highest BCUT2D eigenvalue weighted by Gasteiger charge is 2.13. The average Bonchev–Trinajstić information content (AvgIpc) is 3.02. The lowest BCUT2D eigenvalue weighted by Crippen LogP contribution is -2.07. The molecule has 0 atom stereocenters. The molecule has 0 saturated carbocycles. The Kier molecular flexibility index (Phi) is 5.99. The van der Waals surface area contributed by atoms with E-state index in [1.54, 1.807) is 11.8 Å². The van der Waals surface area contributed by atoms with Crippen molar-refractivity contribution in [2.75, 3.05) is 0 Å². The SMILES string of the molecule is CCn1c(COc2cc(C)ccc2C)nnc1SCc1cccc(C)c1. The van der Waals surface area contributed by atoms with Gasteiger partial charge in [-0.1, -0.05) is 53.7 Å². The second kappa shape index (κ2) is 8.41. The Balaban J connectivity index is 1.68. The lowest BCUT2D eigenvalue weighted by atomic mass is 10.1. The molecule has 0 spiro atoms. The Bertz CT molecular complexity index is 889. The molecule has 0 aliphatic carbocycles. The van der Waals surface area contributed by atoms with Crippen LogP contribution in [0.3, 0.4) is 0 Å². The van der Waals surface area contributed by atoms with Gasteiger partial charge in [0.15, 0.2) is 11.0 Å². The summed E-state index contributed by atoms with van der Waals surface area (Å²) in [6.45, 7) is 9.61. The smallest absolute Gasteiger partial charge is 0.191 e. The molecule has 0 radical (unpaired) electrons. The maximum atomic E-state index is 6.01. The molecule has 136 valence electrons. The Morgan fingerprint density at radius 2 is 1.81 bits per heavy atom. The van der Waals surface area contributed by atoms with E-state index in [2.05, 4.69) is 84.9 Å². The van der Waals surface area contributed by atoms with Crippen LogP contribution in [0.1, 0.15) is 35.0 Å². The van der Waals surface area contributed by atoms with Crippen molar-refractivity contribution in [3.05, 3.63) is 70.5 Å². The summed E-state index contributed by atoms with van der Waals surface area (Å²) in [6, 6.07) is 14.8. The second-order valence-electron chi connectivity index (χ2n) is 6.48. The van der Waals surface area contributed by atoms with E-state index < -0.39 is 0 Å². The molecule has 3 rings (SSSR count). The van der Waals surface area contributed by atoms with Gasteiger partial charge in [-0.3, -0.25) is 0 Å². The average molecular weight is 368 g/mol. The molecule has 0 amide bonds. The molecule has 0 saturated heterocycles. The van der Waals surface area contributed by atoms with Crippen molar-refractivity contribution in [1.29, 1.82) is 0 Å². The molecule has 1 aromatic heterocycles. The molecule has 3 aromatic rings. The van der Waals surface area contributed by atoms with Crippen molar-refractivity contribution in [3.8, 4) is 5.75 Å². The van der Waals surface area contributed by atoms with Crippen molar-refractivity contribution in [3.63, 3.8) is 0 Å². The minimum atomic E-state index is 0.427. The van der Waals surface area contributed by atoms with Gasteiger partial charge in [0.25, 0.3) is 0 Å². The van der Waals surface area contributed by atoms with E-state index >= 15 is 0 Å². The third-order valence-corrected chi connectivity index (χ3v) is 5.30. The standard InChI is InChI=1S/C21H25N3OS/c1-5-24-20(13-25-19-12-16(3)9-10-17(19)4)22-23-21(24)26-14-18-8-6-7-15(2)11-18/h6-12H,5,13-14H2,1-4H3. The number of hydrogen-bond donors (Lipinski definition) is 0. The molecule has 0 N–H and O–H groups in total. The second-order valence-corrected chi connectivity index (χ2v) is 7.42. The Morgan fingerprint density at radius 3 is 2.58 bits per heavy atom. The van der Waals surface area contributed by atoms with Crippen molar-refractivity contribution in [1.82, 2.24) is 14.8 Å². The van der Waals surface area contributed by atoms with Gasteiger partial charge in [0.1, 0.15) is 12.4 Å². The van der Waals surface area contributed by atoms with Gasteiger partial charge in [0.2, 0.25) is 0 Å². The normalized spacial score (nSPS) is 10.9. The number of hydrogen-bond acceptors (Lipinski definition) is 4. The Hall–Kier alpha value is -2.27. The van der Waals surface area contributed by atoms with Crippen molar-refractivity contribution in [2.24, 2.45) is 0 Å². The first-order valence-electron chi connectivity index (χ1n) is 8.87. The van der Waals surface area contributed by atoms with Crippen LogP contribution >= 0.6 is 11.8 Å². The summed E-state index contributed by atoms with van der Waals surface area (Å²) in [5, 5.41) is 9.66. The summed E-state index contributed by atoms with van der Waals surface area (Å²) in [7, 11) is 0. The van der Waals surface area contributed by atoms with E-state index in [1.807, 2.05) is 0 Å². The maximum Gasteiger partial charge on any atom is 0.191 e. The van der Waals surface area contributed by atoms with Gasteiger partial charge in [-0.2, -0.15) is 0 Å². The van der Waals surface area contributed by atoms with Gasteiger partial charge >= 0.3 is 0 Å². The van der Waals surface area contributed by atoms with Crippen molar-refractivity contribution in [2.45, 2.75) is 51.8 Å². The van der Waals surface area contributed by atoms with Crippen LogP contribution in [0.2, 0.25) is 0 Å². The highest BCUT2D eigenvalue weighted by molar-refractivity contribution is 7.98. The number of ether oxygens (including phenoxy) is 1. The first-order valence-corrected chi connectivity index (χ1v) is 9.86. The zero-order valence-corrected chi connectivity index (χ0v) is 16.6. The van der Waals surface area contributed by atoms with Crippen molar-refractivity contribution >= 4 is 11.8 Å². The summed E-state index contributed by atoms with van der Waals surface area (Å²) in [4.78, 5) is 0. The molecule has 0 fully saturated rings. The van der Waals surface area contributed by atoms with Crippen molar-refractivity contribution < 1.29 is 4.74 Å². The van der Waals surface area contributed by atoms with Crippen LogP contribution in [0.4, 0.5) is 0 Å². The quantitative estimate of drug-likeness (QED) is 0.545. The van der Waals surface area contributed by atoms with Crippen LogP contribution < -0.4 is 4.74 Å². The predicted octanol–water partition coefficient (Wildman–Crippen LogP) is 5.09. The molecular formula is C21H25N3OS. The molecule has 26 heavy (non-hydrogen) atoms. The molecule has 0 aliphatic rings. The number of aromatic nitrogens is 3. The first-order chi connectivity index (χ1) is 12.6. The maximum absolute atomic E-state index is 6.01. The molecule has 5 heteroatoms. The van der Waals surface area contributed by atoms with Crippen LogP contribution in [0, 0.1) is 20.8 Å². The summed E-state index contributed by atoms with van der Waals surface area (Å²) in [5.74, 6) is 2.65. The first kappa shape index (κ1) is 18.5. The minimum Gasteiger partial charge on any atom is -0.485 e. The van der Waals surface area contributed by atoms with Gasteiger partial charge < -0.3 is 9.30 Å². The van der Waals surface area contributed by atoms with Crippen LogP contribution in [-0.2, 0) is 18.9 Å². The lowest BCUT2D eigenvalue weighted by molar-refractivity contribution is 0.286. The minimum absolute atomic E-state index is 0.427. The molecule has 0 bridgehead atoms. The third-order valence-electron chi connectivity index (χ3n) is 4.26. The van der Waals surface area contributed by atoms with Gasteiger partial charge in [-0.05, 0) is 50.5 Å². The monoisotopic (exact) mass is 367 g/mol. The lowest BCUT2D eigenvalue weighted by Gasteiger charge is -2.11. The zero-order valence-electron chi connectivity index (χ0n) is 15.8. The fourth-order valence-corrected chi connectivity index (χ4v) is 3.77. The van der Waals surface area contributed by atoms with E-state index in [-0.39, 0.29) is 0 Å². The zero-order chi connectivity index (χ0) is 18.5. The van der Waals surface area contributed by atoms with E-state index in [4.69, 9.17) is 4.74 Å². The number of rotatable bonds is 7. The number of thioether (sulfide) groups is 1. The molecule has 4 nitrogen and oxygen atoms in total. The van der Waals surface area contributed by atoms with E-state index in [0.717, 1.165) is 34.6 Å². The Morgan fingerprint density at radius 1 is 1.00 bits per heavy atom. The Labute approximate surface area is 159 Å². The van der Waals surface area contributed by atoms with Crippen LogP contribution in [0.15, 0.2) is 47.6 Å². The predicted molar refractivity (Wildman–Crippen MR) is 107 cm³/mol. The molecule has 2 aromatic carbocycles. The number of nitrogens with zero attached hydrogens (tertiary/aromatic N) is 3. The summed E-state index contributed by atoms with van der Waals surface area (Å²) < 4.78 is 8.14. The highest BCUT2D eigenvalue weighted by atomic mass is 32.2. The van der Waals surface area contributed by atoms with Crippen LogP contribution in [0.5, 0.6) is 5.75 Å². The van der Waals surface area contributed by atoms with E-state index in [0.29, 0.717) is 6.61 Å². The van der Waals surface area contributed by atoms with Gasteiger partial charge in [-0.15, -0.1) is 10.2 Å². The summed E-state index contributed by atoms with van der Waals surface area (Å²) in [6.07, 6.45) is 0. The summed E-state index contributed by atoms with van der Waals surface area (Å²) >= 11 is 1.72. The molecule has 0 aliphatic heterocycles. The van der Waals surface area contributed by atoms with Crippen LogP contribution in [0.25, 0.3) is 0 Å². The fourth-order valence-electron chi connectivity index (χ4n) is 2.81. The largest absolute Gasteiger partial charge is 0.485 e. The molecular weight excluding hydrogens is 342 g/mol. The topological polar surface area (TPSA) is 39.9 Å². The molecule has 0 unspecified atom stereocenters. The van der Waals surface area contributed by atoms with Gasteiger partial charge in [0, 0.05) is 12.3 Å². The van der Waals surface area contributed by atoms with Gasteiger partial charge in [0.05, 0.1) is 0 Å².